The molecule has 3 aromatic rings. The molecule has 8 nitrogen and oxygen atoms in total. The lowest BCUT2D eigenvalue weighted by atomic mass is 10.3. The largest absolute Gasteiger partial charge is 0.495 e. The van der Waals surface area contributed by atoms with Crippen LogP contribution in [0.15, 0.2) is 62.3 Å². The maximum Gasteiger partial charge on any atom is 0.285 e. The Morgan fingerprint density at radius 3 is 2.29 bits per heavy atom. The summed E-state index contributed by atoms with van der Waals surface area (Å²) in [5.41, 5.74) is 1.84. The number of nitrogens with one attached hydrogen (secondary N) is 2. The van der Waals surface area contributed by atoms with Crippen LogP contribution in [0.4, 0.5) is 11.6 Å². The van der Waals surface area contributed by atoms with Crippen LogP contribution in [0.2, 0.25) is 5.02 Å². The average molecular weight is 525 g/mol. The zero-order chi connectivity index (χ0) is 22.6. The minimum Gasteiger partial charge on any atom is -0.495 e. The Morgan fingerprint density at radius 2 is 1.68 bits per heavy atom. The number of halogens is 2. The van der Waals surface area contributed by atoms with Gasteiger partial charge in [0.05, 0.1) is 17.7 Å². The Bertz CT molecular complexity index is 1210. The van der Waals surface area contributed by atoms with Gasteiger partial charge in [0, 0.05) is 20.9 Å². The molecule has 0 aliphatic rings. The monoisotopic (exact) mass is 523 g/mol. The Labute approximate surface area is 193 Å². The van der Waals surface area contributed by atoms with Crippen LogP contribution >= 0.6 is 27.5 Å². The van der Waals surface area contributed by atoms with E-state index in [-0.39, 0.29) is 16.8 Å². The SMILES string of the molecule is COc1ccc(Cl)cc1NC(=NS(=O)(=O)c1ccc(Br)cc1)Nc1nc(C)cc(C)n1. The molecule has 0 saturated carbocycles. The summed E-state index contributed by atoms with van der Waals surface area (Å²) in [4.78, 5) is 8.60. The van der Waals surface area contributed by atoms with Gasteiger partial charge in [0.1, 0.15) is 5.75 Å². The molecule has 11 heteroatoms. The number of hydrogen-bond donors (Lipinski definition) is 2. The molecule has 0 spiro atoms. The molecule has 0 bridgehead atoms. The van der Waals surface area contributed by atoms with Gasteiger partial charge in [0.15, 0.2) is 0 Å². The van der Waals surface area contributed by atoms with Crippen LogP contribution in [-0.2, 0) is 10.0 Å². The second-order valence-electron chi connectivity index (χ2n) is 6.44. The lowest BCUT2D eigenvalue weighted by molar-refractivity contribution is 0.417. The van der Waals surface area contributed by atoms with Crippen LogP contribution < -0.4 is 15.4 Å². The topological polar surface area (TPSA) is 106 Å². The smallest absolute Gasteiger partial charge is 0.285 e. The molecule has 1 aromatic heterocycles. The normalized spacial score (nSPS) is 11.8. The third-order valence-electron chi connectivity index (χ3n) is 3.95. The number of nitrogens with zero attached hydrogens (tertiary/aromatic N) is 3. The second kappa shape index (κ2) is 9.63. The van der Waals surface area contributed by atoms with Crippen molar-refractivity contribution in [3.63, 3.8) is 0 Å². The molecule has 0 atom stereocenters. The number of rotatable bonds is 5. The minimum absolute atomic E-state index is 0.0243. The standard InChI is InChI=1S/C20H19BrClN5O3S/c1-12-10-13(2)24-19(23-12)26-20(25-17-11-15(22)6-9-18(17)30-3)27-31(28,29)16-7-4-14(21)5-8-16/h4-11H,1-3H3,(H2,23,24,25,26,27). The van der Waals surface area contributed by atoms with Crippen molar-refractivity contribution in [2.75, 3.05) is 17.7 Å². The van der Waals surface area contributed by atoms with Gasteiger partial charge in [-0.15, -0.1) is 4.40 Å². The average Bonchev–Trinajstić information content (AvgIpc) is 2.67. The van der Waals surface area contributed by atoms with Gasteiger partial charge in [0.2, 0.25) is 11.9 Å². The van der Waals surface area contributed by atoms with Crippen LogP contribution in [0.5, 0.6) is 5.75 Å². The van der Waals surface area contributed by atoms with Crippen LogP contribution in [0.3, 0.4) is 0 Å². The van der Waals surface area contributed by atoms with Gasteiger partial charge in [0.25, 0.3) is 10.0 Å². The Morgan fingerprint density at radius 1 is 1.03 bits per heavy atom. The number of methoxy groups -OCH3 is 1. The summed E-state index contributed by atoms with van der Waals surface area (Å²) in [6.07, 6.45) is 0. The van der Waals surface area contributed by atoms with E-state index >= 15 is 0 Å². The minimum atomic E-state index is -4.05. The molecule has 0 radical (unpaired) electrons. The first-order valence-electron chi connectivity index (χ1n) is 8.97. The molecule has 2 N–H and O–H groups in total. The molecule has 0 unspecified atom stereocenters. The van der Waals surface area contributed by atoms with Crippen LogP contribution in [-0.4, -0.2) is 31.5 Å². The van der Waals surface area contributed by atoms with Gasteiger partial charge < -0.3 is 10.1 Å². The molecule has 31 heavy (non-hydrogen) atoms. The maximum absolute atomic E-state index is 12.9. The fraction of sp³-hybridized carbons (Fsp3) is 0.150. The van der Waals surface area contributed by atoms with Crippen molar-refractivity contribution in [3.05, 3.63) is 69.4 Å². The summed E-state index contributed by atoms with van der Waals surface area (Å²) in [7, 11) is -2.56. The molecule has 0 aliphatic heterocycles. The van der Waals surface area contributed by atoms with Gasteiger partial charge in [-0.3, -0.25) is 5.32 Å². The molecular weight excluding hydrogens is 506 g/mol. The highest BCUT2D eigenvalue weighted by Crippen LogP contribution is 2.28. The summed E-state index contributed by atoms with van der Waals surface area (Å²) in [6.45, 7) is 3.62. The number of hydrogen-bond acceptors (Lipinski definition) is 5. The first-order valence-corrected chi connectivity index (χ1v) is 11.6. The molecule has 162 valence electrons. The van der Waals surface area contributed by atoms with E-state index < -0.39 is 10.0 Å². The lowest BCUT2D eigenvalue weighted by Crippen LogP contribution is -2.25. The summed E-state index contributed by atoms with van der Waals surface area (Å²) < 4.78 is 35.8. The van der Waals surface area contributed by atoms with Crippen molar-refractivity contribution in [1.82, 2.24) is 9.97 Å². The predicted molar refractivity (Wildman–Crippen MR) is 126 cm³/mol. The first-order chi connectivity index (χ1) is 14.7. The van der Waals surface area contributed by atoms with Crippen LogP contribution in [0.1, 0.15) is 11.4 Å². The molecule has 0 saturated heterocycles. The summed E-state index contributed by atoms with van der Waals surface area (Å²) in [5.74, 6) is 0.519. The predicted octanol–water partition coefficient (Wildman–Crippen LogP) is 4.79. The zero-order valence-electron chi connectivity index (χ0n) is 16.8. The number of guanidine groups is 1. The van der Waals surface area contributed by atoms with E-state index in [0.717, 1.165) is 4.47 Å². The Kier molecular flexibility index (Phi) is 7.14. The third-order valence-corrected chi connectivity index (χ3v) is 6.00. The van der Waals surface area contributed by atoms with E-state index in [2.05, 4.69) is 40.9 Å². The number of aromatic nitrogens is 2. The number of aryl methyl sites for hydroxylation is 2. The lowest BCUT2D eigenvalue weighted by Gasteiger charge is -2.15. The van der Waals surface area contributed by atoms with E-state index in [1.807, 2.05) is 13.8 Å². The fourth-order valence-electron chi connectivity index (χ4n) is 2.65. The summed E-state index contributed by atoms with van der Waals surface area (Å²) in [5, 5.41) is 6.20. The number of anilines is 2. The summed E-state index contributed by atoms with van der Waals surface area (Å²) in [6, 6.07) is 12.8. The van der Waals surface area contributed by atoms with Crippen LogP contribution in [0, 0.1) is 13.8 Å². The highest BCUT2D eigenvalue weighted by Gasteiger charge is 2.17. The van der Waals surface area contributed by atoms with Crippen molar-refractivity contribution >= 4 is 55.1 Å². The van der Waals surface area contributed by atoms with E-state index in [1.54, 1.807) is 36.4 Å². The molecule has 0 fully saturated rings. The molecule has 3 rings (SSSR count). The summed E-state index contributed by atoms with van der Waals surface area (Å²) >= 11 is 9.39. The van der Waals surface area contributed by atoms with E-state index in [4.69, 9.17) is 16.3 Å². The number of ether oxygens (including phenoxy) is 1. The molecule has 0 amide bonds. The van der Waals surface area contributed by atoms with E-state index in [1.165, 1.54) is 19.2 Å². The third kappa shape index (κ3) is 6.16. The number of benzene rings is 2. The van der Waals surface area contributed by atoms with Gasteiger partial charge in [-0.2, -0.15) is 8.42 Å². The fourth-order valence-corrected chi connectivity index (χ4v) is 4.00. The highest BCUT2D eigenvalue weighted by atomic mass is 79.9. The van der Waals surface area contributed by atoms with Crippen molar-refractivity contribution in [3.8, 4) is 5.75 Å². The molecule has 1 heterocycles. The molecular formula is C20H19BrClN5O3S. The van der Waals surface area contributed by atoms with Crippen LogP contribution in [0.25, 0.3) is 0 Å². The van der Waals surface area contributed by atoms with E-state index in [0.29, 0.717) is 27.8 Å². The quantitative estimate of drug-likeness (QED) is 0.365. The van der Waals surface area contributed by atoms with Crippen molar-refractivity contribution < 1.29 is 13.2 Å². The van der Waals surface area contributed by atoms with Gasteiger partial charge in [-0.25, -0.2) is 9.97 Å². The zero-order valence-corrected chi connectivity index (χ0v) is 20.0. The van der Waals surface area contributed by atoms with Crippen molar-refractivity contribution in [2.24, 2.45) is 4.40 Å². The number of sulfonamides is 1. The van der Waals surface area contributed by atoms with Gasteiger partial charge in [-0.1, -0.05) is 27.5 Å². The maximum atomic E-state index is 12.9. The molecule has 0 aliphatic carbocycles. The first kappa shape index (κ1) is 23.0. The van der Waals surface area contributed by atoms with E-state index in [9.17, 15) is 8.42 Å². The van der Waals surface area contributed by atoms with Crippen molar-refractivity contribution in [1.29, 1.82) is 0 Å². The highest BCUT2D eigenvalue weighted by molar-refractivity contribution is 9.10. The Balaban J connectivity index is 2.06. The van der Waals surface area contributed by atoms with Crippen molar-refractivity contribution in [2.45, 2.75) is 18.7 Å². The van der Waals surface area contributed by atoms with Gasteiger partial charge >= 0.3 is 0 Å². The molecule has 2 aromatic carbocycles. The second-order valence-corrected chi connectivity index (χ2v) is 9.39. The Hall–Kier alpha value is -2.69. The van der Waals surface area contributed by atoms with Gasteiger partial charge in [-0.05, 0) is 62.4 Å².